The van der Waals surface area contributed by atoms with Crippen LogP contribution in [-0.4, -0.2) is 45.2 Å². The lowest BCUT2D eigenvalue weighted by Gasteiger charge is -2.31. The highest BCUT2D eigenvalue weighted by atomic mass is 16.5. The Kier molecular flexibility index (Phi) is 6.46. The van der Waals surface area contributed by atoms with Crippen LogP contribution in [0, 0.1) is 11.8 Å². The first kappa shape index (κ1) is 20.1. The summed E-state index contributed by atoms with van der Waals surface area (Å²) < 4.78 is 6.04. The lowest BCUT2D eigenvalue weighted by Crippen LogP contribution is -2.41. The van der Waals surface area contributed by atoms with Gasteiger partial charge in [0.05, 0.1) is 23.9 Å². The fourth-order valence-corrected chi connectivity index (χ4v) is 3.99. The number of ether oxygens (including phenoxy) is 1. The summed E-state index contributed by atoms with van der Waals surface area (Å²) in [6.45, 7) is 9.50. The lowest BCUT2D eigenvalue weighted by atomic mass is 9.81. The average Bonchev–Trinajstić information content (AvgIpc) is 2.98. The maximum atomic E-state index is 11.4. The van der Waals surface area contributed by atoms with Crippen molar-refractivity contribution in [1.29, 1.82) is 0 Å². The van der Waals surface area contributed by atoms with Gasteiger partial charge in [-0.15, -0.1) is 0 Å². The summed E-state index contributed by atoms with van der Waals surface area (Å²) in [5.41, 5.74) is 0.289. The third-order valence-corrected chi connectivity index (χ3v) is 5.90. The van der Waals surface area contributed by atoms with E-state index in [1.54, 1.807) is 6.92 Å². The van der Waals surface area contributed by atoms with Crippen molar-refractivity contribution in [1.82, 2.24) is 0 Å². The van der Waals surface area contributed by atoms with Gasteiger partial charge < -0.3 is 20.1 Å². The zero-order valence-electron chi connectivity index (χ0n) is 15.6. The molecule has 3 N–H and O–H groups in total. The highest BCUT2D eigenvalue weighted by Gasteiger charge is 2.49. The molecule has 0 amide bonds. The van der Waals surface area contributed by atoms with E-state index in [1.165, 1.54) is 5.57 Å². The summed E-state index contributed by atoms with van der Waals surface area (Å²) in [7, 11) is 0. The number of carboxylic acids is 1. The highest BCUT2D eigenvalue weighted by Crippen LogP contribution is 2.41. The molecule has 0 aromatic rings. The van der Waals surface area contributed by atoms with Crippen LogP contribution in [0.4, 0.5) is 0 Å². The standard InChI is InChI=1S/C20H32O5/c1-12-7-5-9-13(2)17(21)18-15(14(3)19(22)23)11-16(25-18)20(4,24)10-6-8-12/h8,13,15-18,21,24H,3,5-7,9-11H2,1-2,4H3,(H,22,23)/b12-8+/t13-,15-,16-,17-,18+,20+/m0/s1. The molecule has 2 aliphatic rings. The first-order valence-corrected chi connectivity index (χ1v) is 9.27. The summed E-state index contributed by atoms with van der Waals surface area (Å²) in [4.78, 5) is 11.4. The van der Waals surface area contributed by atoms with Gasteiger partial charge in [0, 0.05) is 11.5 Å². The van der Waals surface area contributed by atoms with Crippen LogP contribution >= 0.6 is 0 Å². The smallest absolute Gasteiger partial charge is 0.331 e. The van der Waals surface area contributed by atoms with Gasteiger partial charge in [-0.2, -0.15) is 0 Å². The minimum Gasteiger partial charge on any atom is -0.478 e. The van der Waals surface area contributed by atoms with Gasteiger partial charge in [-0.05, 0) is 58.3 Å². The van der Waals surface area contributed by atoms with Gasteiger partial charge in [-0.1, -0.05) is 25.2 Å². The zero-order valence-corrected chi connectivity index (χ0v) is 15.6. The normalized spacial score (nSPS) is 42.4. The number of hydrogen-bond donors (Lipinski definition) is 3. The monoisotopic (exact) mass is 352 g/mol. The van der Waals surface area contributed by atoms with E-state index >= 15 is 0 Å². The van der Waals surface area contributed by atoms with Crippen molar-refractivity contribution in [2.45, 2.75) is 83.2 Å². The Balaban J connectivity index is 2.30. The molecule has 5 nitrogen and oxygen atoms in total. The molecule has 0 radical (unpaired) electrons. The van der Waals surface area contributed by atoms with Gasteiger partial charge in [0.2, 0.25) is 0 Å². The van der Waals surface area contributed by atoms with E-state index in [4.69, 9.17) is 4.74 Å². The van der Waals surface area contributed by atoms with Crippen LogP contribution in [0.3, 0.4) is 0 Å². The van der Waals surface area contributed by atoms with E-state index in [2.05, 4.69) is 19.6 Å². The van der Waals surface area contributed by atoms with E-state index in [0.717, 1.165) is 25.7 Å². The van der Waals surface area contributed by atoms with Crippen molar-refractivity contribution in [2.75, 3.05) is 0 Å². The van der Waals surface area contributed by atoms with Gasteiger partial charge in [-0.3, -0.25) is 0 Å². The summed E-state index contributed by atoms with van der Waals surface area (Å²) in [6.07, 6.45) is 4.71. The third-order valence-electron chi connectivity index (χ3n) is 5.90. The van der Waals surface area contributed by atoms with Crippen LogP contribution in [0.1, 0.15) is 59.3 Å². The molecule has 142 valence electrons. The number of carboxylic acid groups (broad SMARTS) is 1. The van der Waals surface area contributed by atoms with E-state index in [0.29, 0.717) is 12.8 Å². The minimum atomic E-state index is -1.07. The fraction of sp³-hybridized carbons (Fsp3) is 0.750. The van der Waals surface area contributed by atoms with E-state index in [9.17, 15) is 20.1 Å². The lowest BCUT2D eigenvalue weighted by molar-refractivity contribution is -0.136. The van der Waals surface area contributed by atoms with Crippen molar-refractivity contribution in [3.8, 4) is 0 Å². The van der Waals surface area contributed by atoms with Crippen molar-refractivity contribution in [3.05, 3.63) is 23.8 Å². The Hall–Kier alpha value is -1.17. The number of aliphatic hydroxyl groups excluding tert-OH is 1. The predicted molar refractivity (Wildman–Crippen MR) is 96.2 cm³/mol. The topological polar surface area (TPSA) is 87.0 Å². The number of allylic oxidation sites excluding steroid dienone is 2. The molecule has 25 heavy (non-hydrogen) atoms. The molecule has 6 atom stereocenters. The second-order valence-electron chi connectivity index (χ2n) is 8.07. The van der Waals surface area contributed by atoms with Gasteiger partial charge in [-0.25, -0.2) is 4.79 Å². The number of carbonyl (C=O) groups is 1. The highest BCUT2D eigenvalue weighted by molar-refractivity contribution is 5.86. The third kappa shape index (κ3) is 4.72. The molecule has 0 unspecified atom stereocenters. The van der Waals surface area contributed by atoms with Crippen LogP contribution in [0.15, 0.2) is 23.8 Å². The van der Waals surface area contributed by atoms with Crippen molar-refractivity contribution in [3.63, 3.8) is 0 Å². The zero-order chi connectivity index (χ0) is 18.8. The van der Waals surface area contributed by atoms with Gasteiger partial charge in [0.25, 0.3) is 0 Å². The fourth-order valence-electron chi connectivity index (χ4n) is 3.99. The van der Waals surface area contributed by atoms with Crippen LogP contribution in [-0.2, 0) is 9.53 Å². The largest absolute Gasteiger partial charge is 0.478 e. The summed E-state index contributed by atoms with van der Waals surface area (Å²) in [6, 6.07) is 0. The number of aliphatic hydroxyl groups is 2. The quantitative estimate of drug-likeness (QED) is 0.525. The second kappa shape index (κ2) is 8.02. The molecule has 1 fully saturated rings. The van der Waals surface area contributed by atoms with Gasteiger partial charge >= 0.3 is 5.97 Å². The van der Waals surface area contributed by atoms with Gasteiger partial charge in [0.15, 0.2) is 0 Å². The Morgan fingerprint density at radius 2 is 2.12 bits per heavy atom. The molecule has 2 aliphatic heterocycles. The molecule has 0 aromatic heterocycles. The second-order valence-corrected chi connectivity index (χ2v) is 8.07. The van der Waals surface area contributed by atoms with Crippen molar-refractivity contribution in [2.24, 2.45) is 11.8 Å². The van der Waals surface area contributed by atoms with E-state index in [1.807, 2.05) is 6.92 Å². The molecular formula is C20H32O5. The molecule has 2 rings (SSSR count). The van der Waals surface area contributed by atoms with E-state index in [-0.39, 0.29) is 11.5 Å². The molecular weight excluding hydrogens is 320 g/mol. The maximum Gasteiger partial charge on any atom is 0.331 e. The molecule has 5 heteroatoms. The van der Waals surface area contributed by atoms with Crippen LogP contribution in [0.25, 0.3) is 0 Å². The Bertz CT molecular complexity index is 536. The van der Waals surface area contributed by atoms with Crippen molar-refractivity contribution < 1.29 is 24.9 Å². The van der Waals surface area contributed by atoms with Crippen LogP contribution in [0.2, 0.25) is 0 Å². The van der Waals surface area contributed by atoms with Crippen molar-refractivity contribution >= 4 is 5.97 Å². The van der Waals surface area contributed by atoms with Crippen LogP contribution < -0.4 is 0 Å². The number of aliphatic carboxylic acids is 1. The summed E-state index contributed by atoms with van der Waals surface area (Å²) in [5.74, 6) is -1.56. The van der Waals surface area contributed by atoms with E-state index < -0.39 is 35.8 Å². The molecule has 0 aromatic carbocycles. The predicted octanol–water partition coefficient (Wildman–Crippen LogP) is 3.06. The summed E-state index contributed by atoms with van der Waals surface area (Å²) in [5, 5.41) is 31.0. The first-order valence-electron chi connectivity index (χ1n) is 9.27. The van der Waals surface area contributed by atoms with Gasteiger partial charge in [0.1, 0.15) is 0 Å². The minimum absolute atomic E-state index is 0.00801. The Morgan fingerprint density at radius 3 is 2.76 bits per heavy atom. The average molecular weight is 352 g/mol. The number of fused-ring (bicyclic) bond motifs is 2. The summed E-state index contributed by atoms with van der Waals surface area (Å²) >= 11 is 0. The molecule has 1 saturated heterocycles. The Morgan fingerprint density at radius 1 is 1.44 bits per heavy atom. The molecule has 0 aliphatic carbocycles. The van der Waals surface area contributed by atoms with Crippen LogP contribution in [0.5, 0.6) is 0 Å². The molecule has 0 spiro atoms. The number of rotatable bonds is 2. The maximum absolute atomic E-state index is 11.4. The first-order chi connectivity index (χ1) is 11.6. The molecule has 2 bridgehead atoms. The number of hydrogen-bond acceptors (Lipinski definition) is 4. The Labute approximate surface area is 150 Å². The molecule has 2 heterocycles. The SMILES string of the molecule is C=C(C(=O)O)[C@@H]1C[C@@H]2O[C@H]1[C@@H](O)[C@@H](C)CCC/C(C)=C/CC[C@@]2(C)O. The molecule has 0 saturated carbocycles.